The van der Waals surface area contributed by atoms with Crippen LogP contribution < -0.4 is 9.80 Å². The lowest BCUT2D eigenvalue weighted by Crippen LogP contribution is -2.24. The molecule has 6 nitrogen and oxygen atoms in total. The van der Waals surface area contributed by atoms with E-state index in [1.807, 2.05) is 24.3 Å². The molecule has 0 aliphatic carbocycles. The lowest BCUT2D eigenvalue weighted by atomic mass is 10.2. The maximum atomic E-state index is 12.0. The lowest BCUT2D eigenvalue weighted by molar-refractivity contribution is -0.113. The fourth-order valence-electron chi connectivity index (χ4n) is 3.24. The predicted molar refractivity (Wildman–Crippen MR) is 108 cm³/mol. The van der Waals surface area contributed by atoms with Gasteiger partial charge in [-0.1, -0.05) is 49.1 Å². The summed E-state index contributed by atoms with van der Waals surface area (Å²) in [7, 11) is 1.72. The van der Waals surface area contributed by atoms with Gasteiger partial charge in [0.2, 0.25) is 11.9 Å². The average molecular weight is 359 g/mol. The van der Waals surface area contributed by atoms with Crippen LogP contribution in [0.1, 0.15) is 5.56 Å². The maximum absolute atomic E-state index is 12.0. The van der Waals surface area contributed by atoms with Gasteiger partial charge in [-0.25, -0.2) is 4.98 Å². The van der Waals surface area contributed by atoms with E-state index < -0.39 is 0 Å². The highest BCUT2D eigenvalue weighted by Crippen LogP contribution is 2.27. The minimum absolute atomic E-state index is 0.172. The lowest BCUT2D eigenvalue weighted by Gasteiger charge is -2.19. The number of anilines is 2. The van der Waals surface area contributed by atoms with E-state index in [-0.39, 0.29) is 5.91 Å². The molecule has 136 valence electrons. The molecule has 1 amide bonds. The van der Waals surface area contributed by atoms with Crippen LogP contribution in [0.4, 0.5) is 11.6 Å². The first kappa shape index (κ1) is 17.0. The third-order valence-electron chi connectivity index (χ3n) is 4.75. The molecule has 1 aliphatic heterocycles. The van der Waals surface area contributed by atoms with Gasteiger partial charge in [-0.2, -0.15) is 4.98 Å². The van der Waals surface area contributed by atoms with Crippen LogP contribution in [0.3, 0.4) is 0 Å². The second-order valence-electron chi connectivity index (χ2n) is 6.50. The van der Waals surface area contributed by atoms with Crippen molar-refractivity contribution in [2.24, 2.45) is 0 Å². The van der Waals surface area contributed by atoms with E-state index in [0.29, 0.717) is 17.9 Å². The van der Waals surface area contributed by atoms with Crippen LogP contribution in [0.15, 0.2) is 67.4 Å². The monoisotopic (exact) mass is 359 g/mol. The Hall–Kier alpha value is -3.41. The zero-order chi connectivity index (χ0) is 18.8. The Morgan fingerprint density at radius 2 is 2.00 bits per heavy atom. The van der Waals surface area contributed by atoms with Crippen molar-refractivity contribution in [3.05, 3.63) is 73.0 Å². The van der Waals surface area contributed by atoms with Crippen molar-refractivity contribution in [2.75, 3.05) is 29.9 Å². The molecule has 3 aromatic rings. The van der Waals surface area contributed by atoms with Gasteiger partial charge in [-0.3, -0.25) is 4.79 Å². The van der Waals surface area contributed by atoms with Crippen LogP contribution in [-0.4, -0.2) is 40.6 Å². The Morgan fingerprint density at radius 1 is 1.26 bits per heavy atom. The molecule has 0 fully saturated rings. The standard InChI is InChI=1S/C21H21N5O/c1-3-19(27)24(2)17-13-18-20(22-14-17)23-21(25-11-7-8-12-25)26(18)15-16-9-5-4-6-10-16/h3-10,13-14H,1,11-12,15H2,2H3. The molecule has 0 saturated carbocycles. The van der Waals surface area contributed by atoms with E-state index in [9.17, 15) is 4.79 Å². The van der Waals surface area contributed by atoms with Crippen LogP contribution in [0.25, 0.3) is 11.2 Å². The van der Waals surface area contributed by atoms with Crippen molar-refractivity contribution < 1.29 is 4.79 Å². The number of pyridine rings is 1. The van der Waals surface area contributed by atoms with Gasteiger partial charge < -0.3 is 14.4 Å². The van der Waals surface area contributed by atoms with Crippen LogP contribution >= 0.6 is 0 Å². The SMILES string of the molecule is C=CC(=O)N(C)c1cnc2nc(N3CC=CC3)n(Cc3ccccc3)c2c1. The highest BCUT2D eigenvalue weighted by molar-refractivity contribution is 6.01. The fraction of sp³-hybridized carbons (Fsp3) is 0.190. The van der Waals surface area contributed by atoms with E-state index >= 15 is 0 Å². The number of imidazole rings is 1. The minimum atomic E-state index is -0.172. The molecule has 0 saturated heterocycles. The Kier molecular flexibility index (Phi) is 4.46. The first-order valence-electron chi connectivity index (χ1n) is 8.87. The first-order valence-corrected chi connectivity index (χ1v) is 8.87. The largest absolute Gasteiger partial charge is 0.335 e. The number of amides is 1. The van der Waals surface area contributed by atoms with Crippen molar-refractivity contribution in [1.82, 2.24) is 14.5 Å². The van der Waals surface area contributed by atoms with E-state index in [4.69, 9.17) is 4.98 Å². The van der Waals surface area contributed by atoms with Crippen LogP contribution in [0.5, 0.6) is 0 Å². The van der Waals surface area contributed by atoms with Crippen molar-refractivity contribution in [3.63, 3.8) is 0 Å². The molecule has 1 aromatic carbocycles. The Labute approximate surface area is 158 Å². The topological polar surface area (TPSA) is 54.3 Å². The van der Waals surface area contributed by atoms with Gasteiger partial charge in [-0.05, 0) is 17.7 Å². The summed E-state index contributed by atoms with van der Waals surface area (Å²) in [4.78, 5) is 25.0. The van der Waals surface area contributed by atoms with Crippen LogP contribution in [0, 0.1) is 0 Å². The highest BCUT2D eigenvalue weighted by Gasteiger charge is 2.20. The molecule has 1 aliphatic rings. The molecule has 0 spiro atoms. The molecule has 6 heteroatoms. The number of nitrogens with zero attached hydrogens (tertiary/aromatic N) is 5. The number of carbonyl (C=O) groups excluding carboxylic acids is 1. The zero-order valence-electron chi connectivity index (χ0n) is 15.2. The van der Waals surface area contributed by atoms with Gasteiger partial charge in [0.15, 0.2) is 5.65 Å². The summed E-state index contributed by atoms with van der Waals surface area (Å²) in [6, 6.07) is 12.2. The molecule has 27 heavy (non-hydrogen) atoms. The van der Waals surface area contributed by atoms with Gasteiger partial charge in [0, 0.05) is 20.1 Å². The molecule has 0 unspecified atom stereocenters. The molecule has 0 bridgehead atoms. The molecule has 3 heterocycles. The first-order chi connectivity index (χ1) is 13.2. The zero-order valence-corrected chi connectivity index (χ0v) is 15.2. The molecule has 0 atom stereocenters. The maximum Gasteiger partial charge on any atom is 0.250 e. The summed E-state index contributed by atoms with van der Waals surface area (Å²) < 4.78 is 2.17. The van der Waals surface area contributed by atoms with Gasteiger partial charge >= 0.3 is 0 Å². The number of rotatable bonds is 5. The molecule has 0 N–H and O–H groups in total. The summed E-state index contributed by atoms with van der Waals surface area (Å²) in [5.41, 5.74) is 3.48. The number of benzene rings is 1. The van der Waals surface area contributed by atoms with Gasteiger partial charge in [0.1, 0.15) is 0 Å². The van der Waals surface area contributed by atoms with E-state index in [2.05, 4.69) is 45.3 Å². The van der Waals surface area contributed by atoms with Crippen molar-refractivity contribution >= 4 is 28.7 Å². The third-order valence-corrected chi connectivity index (χ3v) is 4.75. The minimum Gasteiger partial charge on any atom is -0.335 e. The number of likely N-dealkylation sites (N-methyl/N-ethyl adjacent to an activating group) is 1. The number of hydrogen-bond acceptors (Lipinski definition) is 4. The second-order valence-corrected chi connectivity index (χ2v) is 6.50. The number of fused-ring (bicyclic) bond motifs is 1. The van der Waals surface area contributed by atoms with Gasteiger partial charge in [0.05, 0.1) is 23.9 Å². The number of hydrogen-bond donors (Lipinski definition) is 0. The number of aromatic nitrogens is 3. The Bertz CT molecular complexity index is 1010. The van der Waals surface area contributed by atoms with E-state index in [1.54, 1.807) is 13.2 Å². The van der Waals surface area contributed by atoms with Gasteiger partial charge in [-0.15, -0.1) is 0 Å². The van der Waals surface area contributed by atoms with E-state index in [0.717, 1.165) is 24.6 Å². The Balaban J connectivity index is 1.82. The molecule has 4 rings (SSSR count). The van der Waals surface area contributed by atoms with Crippen molar-refractivity contribution in [3.8, 4) is 0 Å². The van der Waals surface area contributed by atoms with Crippen molar-refractivity contribution in [2.45, 2.75) is 6.54 Å². The number of carbonyl (C=O) groups is 1. The quantitative estimate of drug-likeness (QED) is 0.519. The molecule has 0 radical (unpaired) electrons. The molecular formula is C21H21N5O. The second kappa shape index (κ2) is 7.07. The smallest absolute Gasteiger partial charge is 0.250 e. The summed E-state index contributed by atoms with van der Waals surface area (Å²) >= 11 is 0. The normalized spacial score (nSPS) is 13.3. The molecule has 2 aromatic heterocycles. The predicted octanol–water partition coefficient (Wildman–Crippen LogP) is 3.00. The van der Waals surface area contributed by atoms with Crippen LogP contribution in [-0.2, 0) is 11.3 Å². The highest BCUT2D eigenvalue weighted by atomic mass is 16.2. The summed E-state index contributed by atoms with van der Waals surface area (Å²) in [5, 5.41) is 0. The fourth-order valence-corrected chi connectivity index (χ4v) is 3.24. The van der Waals surface area contributed by atoms with Crippen molar-refractivity contribution in [1.29, 1.82) is 0 Å². The summed E-state index contributed by atoms with van der Waals surface area (Å²) in [6.07, 6.45) is 7.26. The van der Waals surface area contributed by atoms with E-state index in [1.165, 1.54) is 16.5 Å². The summed E-state index contributed by atoms with van der Waals surface area (Å²) in [5.74, 6) is 0.718. The van der Waals surface area contributed by atoms with Gasteiger partial charge in [0.25, 0.3) is 0 Å². The average Bonchev–Trinajstić information content (AvgIpc) is 3.35. The molecular weight excluding hydrogens is 338 g/mol. The van der Waals surface area contributed by atoms with Crippen LogP contribution in [0.2, 0.25) is 0 Å². The Morgan fingerprint density at radius 3 is 2.70 bits per heavy atom. The third kappa shape index (κ3) is 3.21. The summed E-state index contributed by atoms with van der Waals surface area (Å²) in [6.45, 7) is 5.91.